The molecule has 1 aliphatic rings. The zero-order chi connectivity index (χ0) is 16.9. The summed E-state index contributed by atoms with van der Waals surface area (Å²) in [6, 6.07) is 15.9. The standard InChI is InChI=1S/C19H20Cl2N2O/c20-17-7-6-15(10-18(17)21)11-19(24)22-16-8-9-23(13-16)12-14-4-2-1-3-5-14/h1-7,10,16H,8-9,11-13H2,(H,22,24)/t16-/m0/s1. The molecule has 0 saturated carbocycles. The van der Waals surface area contributed by atoms with E-state index >= 15 is 0 Å². The van der Waals surface area contributed by atoms with Crippen molar-refractivity contribution in [2.24, 2.45) is 0 Å². The average molecular weight is 363 g/mol. The van der Waals surface area contributed by atoms with Gasteiger partial charge in [-0.25, -0.2) is 0 Å². The second-order valence-corrected chi connectivity index (χ2v) is 7.01. The van der Waals surface area contributed by atoms with Crippen LogP contribution in [0.5, 0.6) is 0 Å². The van der Waals surface area contributed by atoms with Gasteiger partial charge in [0.05, 0.1) is 16.5 Å². The Hall–Kier alpha value is -1.55. The van der Waals surface area contributed by atoms with Gasteiger partial charge in [-0.15, -0.1) is 0 Å². The molecular formula is C19H20Cl2N2O. The predicted octanol–water partition coefficient (Wildman–Crippen LogP) is 3.93. The summed E-state index contributed by atoms with van der Waals surface area (Å²) < 4.78 is 0. The normalized spacial score (nSPS) is 17.8. The van der Waals surface area contributed by atoms with E-state index in [4.69, 9.17) is 23.2 Å². The van der Waals surface area contributed by atoms with E-state index in [0.717, 1.165) is 31.6 Å². The van der Waals surface area contributed by atoms with E-state index in [0.29, 0.717) is 16.5 Å². The summed E-state index contributed by atoms with van der Waals surface area (Å²) in [7, 11) is 0. The first-order chi connectivity index (χ1) is 11.6. The highest BCUT2D eigenvalue weighted by Gasteiger charge is 2.23. The van der Waals surface area contributed by atoms with Gasteiger partial charge in [0.15, 0.2) is 0 Å². The predicted molar refractivity (Wildman–Crippen MR) is 98.4 cm³/mol. The van der Waals surface area contributed by atoms with Gasteiger partial charge >= 0.3 is 0 Å². The molecule has 0 radical (unpaired) electrons. The van der Waals surface area contributed by atoms with Crippen molar-refractivity contribution in [3.05, 3.63) is 69.7 Å². The van der Waals surface area contributed by atoms with Gasteiger partial charge in [-0.2, -0.15) is 0 Å². The minimum Gasteiger partial charge on any atom is -0.352 e. The molecule has 0 aliphatic carbocycles. The second-order valence-electron chi connectivity index (χ2n) is 6.20. The smallest absolute Gasteiger partial charge is 0.224 e. The second kappa shape index (κ2) is 8.02. The van der Waals surface area contributed by atoms with Crippen LogP contribution in [0.4, 0.5) is 0 Å². The van der Waals surface area contributed by atoms with Gasteiger partial charge in [-0.3, -0.25) is 9.69 Å². The fourth-order valence-electron chi connectivity index (χ4n) is 3.05. The quantitative estimate of drug-likeness (QED) is 0.873. The topological polar surface area (TPSA) is 32.3 Å². The van der Waals surface area contributed by atoms with Crippen LogP contribution in [0.15, 0.2) is 48.5 Å². The van der Waals surface area contributed by atoms with Crippen molar-refractivity contribution in [1.29, 1.82) is 0 Å². The highest BCUT2D eigenvalue weighted by Crippen LogP contribution is 2.23. The lowest BCUT2D eigenvalue weighted by Gasteiger charge is -2.17. The summed E-state index contributed by atoms with van der Waals surface area (Å²) in [6.45, 7) is 2.83. The molecule has 24 heavy (non-hydrogen) atoms. The van der Waals surface area contributed by atoms with Crippen LogP contribution in [0.1, 0.15) is 17.5 Å². The maximum Gasteiger partial charge on any atom is 0.224 e. The molecule has 0 bridgehead atoms. The SMILES string of the molecule is O=C(Cc1ccc(Cl)c(Cl)c1)N[C@H]1CCN(Cc2ccccc2)C1. The Morgan fingerprint density at radius 3 is 2.62 bits per heavy atom. The van der Waals surface area contributed by atoms with Crippen LogP contribution >= 0.6 is 23.2 Å². The van der Waals surface area contributed by atoms with Crippen LogP contribution in [-0.4, -0.2) is 29.9 Å². The van der Waals surface area contributed by atoms with Gasteiger partial charge in [0.2, 0.25) is 5.91 Å². The van der Waals surface area contributed by atoms with Crippen molar-refractivity contribution in [2.75, 3.05) is 13.1 Å². The summed E-state index contributed by atoms with van der Waals surface area (Å²) in [5, 5.41) is 4.11. The maximum absolute atomic E-state index is 12.2. The highest BCUT2D eigenvalue weighted by atomic mass is 35.5. The molecule has 3 rings (SSSR count). The number of benzene rings is 2. The number of carbonyl (C=O) groups is 1. The van der Waals surface area contributed by atoms with Crippen molar-refractivity contribution in [2.45, 2.75) is 25.4 Å². The highest BCUT2D eigenvalue weighted by molar-refractivity contribution is 6.42. The summed E-state index contributed by atoms with van der Waals surface area (Å²) in [6.07, 6.45) is 1.31. The monoisotopic (exact) mass is 362 g/mol. The molecule has 1 amide bonds. The van der Waals surface area contributed by atoms with Crippen LogP contribution in [0.25, 0.3) is 0 Å². The van der Waals surface area contributed by atoms with Gasteiger partial charge in [-0.1, -0.05) is 59.6 Å². The molecule has 126 valence electrons. The average Bonchev–Trinajstić information content (AvgIpc) is 2.99. The first-order valence-electron chi connectivity index (χ1n) is 8.10. The Morgan fingerprint density at radius 1 is 1.08 bits per heavy atom. The molecule has 3 nitrogen and oxygen atoms in total. The number of likely N-dealkylation sites (tertiary alicyclic amines) is 1. The number of hydrogen-bond acceptors (Lipinski definition) is 2. The molecule has 1 aliphatic heterocycles. The minimum atomic E-state index is 0.0277. The Balaban J connectivity index is 1.48. The van der Waals surface area contributed by atoms with E-state index < -0.39 is 0 Å². The summed E-state index contributed by atoms with van der Waals surface area (Å²) in [5.74, 6) is 0.0277. The van der Waals surface area contributed by atoms with Gasteiger partial charge in [-0.05, 0) is 29.7 Å². The first kappa shape index (κ1) is 17.3. The fraction of sp³-hybridized carbons (Fsp3) is 0.316. The minimum absolute atomic E-state index is 0.0277. The summed E-state index contributed by atoms with van der Waals surface area (Å²) >= 11 is 11.9. The van der Waals surface area contributed by atoms with E-state index in [1.807, 2.05) is 12.1 Å². The molecular weight excluding hydrogens is 343 g/mol. The molecule has 0 spiro atoms. The van der Waals surface area contributed by atoms with E-state index in [1.165, 1.54) is 5.56 Å². The van der Waals surface area contributed by atoms with Crippen molar-refractivity contribution in [1.82, 2.24) is 10.2 Å². The molecule has 1 fully saturated rings. The van der Waals surface area contributed by atoms with Crippen molar-refractivity contribution in [3.8, 4) is 0 Å². The van der Waals surface area contributed by atoms with Crippen molar-refractivity contribution < 1.29 is 4.79 Å². The number of nitrogens with zero attached hydrogens (tertiary/aromatic N) is 1. The molecule has 1 atom stereocenters. The number of halogens is 2. The summed E-state index contributed by atoms with van der Waals surface area (Å²) in [5.41, 5.74) is 2.18. The van der Waals surface area contributed by atoms with Crippen molar-refractivity contribution in [3.63, 3.8) is 0 Å². The number of hydrogen-bond donors (Lipinski definition) is 1. The molecule has 2 aromatic carbocycles. The largest absolute Gasteiger partial charge is 0.352 e. The zero-order valence-corrected chi connectivity index (χ0v) is 14.9. The first-order valence-corrected chi connectivity index (χ1v) is 8.85. The maximum atomic E-state index is 12.2. The van der Waals surface area contributed by atoms with Gasteiger partial charge < -0.3 is 5.32 Å². The van der Waals surface area contributed by atoms with Crippen molar-refractivity contribution >= 4 is 29.1 Å². The third-order valence-electron chi connectivity index (χ3n) is 4.24. The Labute approximate surface area is 152 Å². The molecule has 0 unspecified atom stereocenters. The lowest BCUT2D eigenvalue weighted by molar-refractivity contribution is -0.121. The summed E-state index contributed by atoms with van der Waals surface area (Å²) in [4.78, 5) is 14.6. The Bertz CT molecular complexity index is 706. The number of nitrogens with one attached hydrogen (secondary N) is 1. The Kier molecular flexibility index (Phi) is 5.77. The van der Waals surface area contributed by atoms with Crippen LogP contribution < -0.4 is 5.32 Å². The third-order valence-corrected chi connectivity index (χ3v) is 4.97. The van der Waals surface area contributed by atoms with E-state index in [1.54, 1.807) is 12.1 Å². The van der Waals surface area contributed by atoms with E-state index in [-0.39, 0.29) is 11.9 Å². The van der Waals surface area contributed by atoms with E-state index in [2.05, 4.69) is 34.5 Å². The van der Waals surface area contributed by atoms with E-state index in [9.17, 15) is 4.79 Å². The lowest BCUT2D eigenvalue weighted by atomic mass is 10.1. The van der Waals surface area contributed by atoms with Gasteiger partial charge in [0.1, 0.15) is 0 Å². The van der Waals surface area contributed by atoms with Crippen LogP contribution in [0.3, 0.4) is 0 Å². The fourth-order valence-corrected chi connectivity index (χ4v) is 3.37. The van der Waals surface area contributed by atoms with Gasteiger partial charge in [0, 0.05) is 25.7 Å². The van der Waals surface area contributed by atoms with Crippen LogP contribution in [-0.2, 0) is 17.8 Å². The molecule has 1 heterocycles. The lowest BCUT2D eigenvalue weighted by Crippen LogP contribution is -2.37. The molecule has 0 aromatic heterocycles. The number of amides is 1. The molecule has 1 saturated heterocycles. The molecule has 1 N–H and O–H groups in total. The third kappa shape index (κ3) is 4.73. The number of rotatable bonds is 5. The van der Waals surface area contributed by atoms with Crippen LogP contribution in [0.2, 0.25) is 10.0 Å². The zero-order valence-electron chi connectivity index (χ0n) is 13.3. The number of carbonyl (C=O) groups excluding carboxylic acids is 1. The van der Waals surface area contributed by atoms with Crippen LogP contribution in [0, 0.1) is 0 Å². The van der Waals surface area contributed by atoms with Gasteiger partial charge in [0.25, 0.3) is 0 Å². The molecule has 5 heteroatoms. The Morgan fingerprint density at radius 2 is 1.88 bits per heavy atom. The molecule has 2 aromatic rings.